The molecule has 1 aliphatic rings. The Morgan fingerprint density at radius 3 is 2.35 bits per heavy atom. The van der Waals surface area contributed by atoms with Crippen LogP contribution in [-0.4, -0.2) is 35.5 Å². The van der Waals surface area contributed by atoms with Gasteiger partial charge in [0.2, 0.25) is 0 Å². The van der Waals surface area contributed by atoms with E-state index in [1.165, 1.54) is 17.0 Å². The van der Waals surface area contributed by atoms with Crippen molar-refractivity contribution in [3.63, 3.8) is 0 Å². The number of halogens is 2. The van der Waals surface area contributed by atoms with E-state index < -0.39 is 11.6 Å². The number of hydrogen-bond donors (Lipinski definition) is 1. The standard InChI is InChI=1S/C19H19BrFN3O2/c1-19(14-5-7-15(20)8-6-14)17(25)24(18(26)22-19)12-23(2)11-13-3-9-16(21)10-4-13/h3-10H,11-12H2,1-2H3,(H,22,26)/t19-/m1/s1. The molecule has 3 rings (SSSR count). The Balaban J connectivity index is 1.72. The van der Waals surface area contributed by atoms with E-state index in [9.17, 15) is 14.0 Å². The van der Waals surface area contributed by atoms with Gasteiger partial charge in [-0.25, -0.2) is 14.1 Å². The highest BCUT2D eigenvalue weighted by Gasteiger charge is 2.49. The fourth-order valence-corrected chi connectivity index (χ4v) is 3.26. The van der Waals surface area contributed by atoms with Gasteiger partial charge in [0, 0.05) is 11.0 Å². The van der Waals surface area contributed by atoms with Crippen molar-refractivity contribution in [3.05, 3.63) is 69.9 Å². The molecule has 0 radical (unpaired) electrons. The summed E-state index contributed by atoms with van der Waals surface area (Å²) in [4.78, 5) is 28.3. The van der Waals surface area contributed by atoms with Gasteiger partial charge in [-0.15, -0.1) is 0 Å². The van der Waals surface area contributed by atoms with Gasteiger partial charge in [0.05, 0.1) is 6.67 Å². The normalized spacial score (nSPS) is 20.0. The zero-order chi connectivity index (χ0) is 18.9. The topological polar surface area (TPSA) is 52.6 Å². The first-order valence-electron chi connectivity index (χ1n) is 8.13. The molecule has 1 N–H and O–H groups in total. The van der Waals surface area contributed by atoms with Crippen LogP contribution in [0.2, 0.25) is 0 Å². The van der Waals surface area contributed by atoms with Gasteiger partial charge in [0.25, 0.3) is 5.91 Å². The number of hydrogen-bond acceptors (Lipinski definition) is 3. The van der Waals surface area contributed by atoms with Crippen LogP contribution in [0.15, 0.2) is 53.0 Å². The summed E-state index contributed by atoms with van der Waals surface area (Å²) in [5, 5.41) is 2.79. The largest absolute Gasteiger partial charge is 0.326 e. The molecular formula is C19H19BrFN3O2. The number of carbonyl (C=O) groups excluding carboxylic acids is 2. The monoisotopic (exact) mass is 419 g/mol. The van der Waals surface area contributed by atoms with Gasteiger partial charge < -0.3 is 5.32 Å². The van der Waals surface area contributed by atoms with E-state index in [0.29, 0.717) is 6.54 Å². The zero-order valence-corrected chi connectivity index (χ0v) is 16.1. The van der Waals surface area contributed by atoms with Crippen LogP contribution in [0.5, 0.6) is 0 Å². The molecular weight excluding hydrogens is 401 g/mol. The number of carbonyl (C=O) groups is 2. The summed E-state index contributed by atoms with van der Waals surface area (Å²) >= 11 is 3.37. The molecule has 3 amide bonds. The van der Waals surface area contributed by atoms with E-state index in [1.807, 2.05) is 29.2 Å². The summed E-state index contributed by atoms with van der Waals surface area (Å²) < 4.78 is 13.9. The minimum Gasteiger partial charge on any atom is -0.319 e. The second-order valence-corrected chi connectivity index (χ2v) is 7.49. The first-order chi connectivity index (χ1) is 12.3. The van der Waals surface area contributed by atoms with Gasteiger partial charge in [0.1, 0.15) is 11.4 Å². The SMILES string of the molecule is CN(Cc1ccc(F)cc1)CN1C(=O)N[C@](C)(c2ccc(Br)cc2)C1=O. The summed E-state index contributed by atoms with van der Waals surface area (Å²) in [5.74, 6) is -0.591. The third kappa shape index (κ3) is 3.64. The molecule has 0 aliphatic carbocycles. The molecule has 2 aromatic rings. The second-order valence-electron chi connectivity index (χ2n) is 6.58. The lowest BCUT2D eigenvalue weighted by atomic mass is 9.92. The van der Waals surface area contributed by atoms with E-state index in [4.69, 9.17) is 0 Å². The minimum atomic E-state index is -1.09. The predicted molar refractivity (Wildman–Crippen MR) is 99.6 cm³/mol. The Bertz CT molecular complexity index is 826. The highest BCUT2D eigenvalue weighted by molar-refractivity contribution is 9.10. The number of rotatable bonds is 5. The lowest BCUT2D eigenvalue weighted by Crippen LogP contribution is -2.42. The van der Waals surface area contributed by atoms with Crippen LogP contribution in [0.3, 0.4) is 0 Å². The second kappa shape index (κ2) is 7.17. The molecule has 5 nitrogen and oxygen atoms in total. The predicted octanol–water partition coefficient (Wildman–Crippen LogP) is 3.44. The average molecular weight is 420 g/mol. The van der Waals surface area contributed by atoms with Gasteiger partial charge in [-0.1, -0.05) is 40.2 Å². The quantitative estimate of drug-likeness (QED) is 0.755. The van der Waals surface area contributed by atoms with Crippen molar-refractivity contribution in [3.8, 4) is 0 Å². The minimum absolute atomic E-state index is 0.147. The fraction of sp³-hybridized carbons (Fsp3) is 0.263. The third-order valence-electron chi connectivity index (χ3n) is 4.45. The summed E-state index contributed by atoms with van der Waals surface area (Å²) in [6.45, 7) is 2.34. The Morgan fingerprint density at radius 1 is 1.12 bits per heavy atom. The first kappa shape index (κ1) is 18.5. The Labute approximate surface area is 159 Å². The number of imide groups is 1. The Morgan fingerprint density at radius 2 is 1.73 bits per heavy atom. The molecule has 0 saturated carbocycles. The van der Waals surface area contributed by atoms with Crippen molar-refractivity contribution >= 4 is 27.9 Å². The van der Waals surface area contributed by atoms with E-state index in [-0.39, 0.29) is 18.4 Å². The molecule has 7 heteroatoms. The highest BCUT2D eigenvalue weighted by atomic mass is 79.9. The molecule has 1 heterocycles. The van der Waals surface area contributed by atoms with Gasteiger partial charge in [0.15, 0.2) is 0 Å². The number of urea groups is 1. The molecule has 0 bridgehead atoms. The van der Waals surface area contributed by atoms with E-state index >= 15 is 0 Å². The summed E-state index contributed by atoms with van der Waals surface area (Å²) in [6.07, 6.45) is 0. The fourth-order valence-electron chi connectivity index (χ4n) is 3.00. The number of nitrogens with one attached hydrogen (secondary N) is 1. The molecule has 0 unspecified atom stereocenters. The molecule has 136 valence electrons. The van der Waals surface area contributed by atoms with Crippen LogP contribution in [-0.2, 0) is 16.9 Å². The van der Waals surface area contributed by atoms with E-state index in [2.05, 4.69) is 21.2 Å². The van der Waals surface area contributed by atoms with E-state index in [1.54, 1.807) is 26.1 Å². The summed E-state index contributed by atoms with van der Waals surface area (Å²) in [7, 11) is 1.80. The van der Waals surface area contributed by atoms with Crippen LogP contribution < -0.4 is 5.32 Å². The lowest BCUT2D eigenvalue weighted by Gasteiger charge is -2.25. The number of nitrogens with zero attached hydrogens (tertiary/aromatic N) is 2. The van der Waals surface area contributed by atoms with Crippen LogP contribution in [0.4, 0.5) is 9.18 Å². The molecule has 2 aromatic carbocycles. The average Bonchev–Trinajstić information content (AvgIpc) is 2.82. The maximum Gasteiger partial charge on any atom is 0.326 e. The van der Waals surface area contributed by atoms with Crippen molar-refractivity contribution in [1.82, 2.24) is 15.1 Å². The maximum absolute atomic E-state index is 13.0. The molecule has 1 saturated heterocycles. The van der Waals surface area contributed by atoms with Crippen molar-refractivity contribution in [2.75, 3.05) is 13.7 Å². The third-order valence-corrected chi connectivity index (χ3v) is 4.97. The van der Waals surface area contributed by atoms with Gasteiger partial charge in [-0.3, -0.25) is 9.69 Å². The van der Waals surface area contributed by atoms with Crippen LogP contribution in [0.1, 0.15) is 18.1 Å². The zero-order valence-electron chi connectivity index (χ0n) is 14.5. The van der Waals surface area contributed by atoms with Crippen LogP contribution >= 0.6 is 15.9 Å². The lowest BCUT2D eigenvalue weighted by molar-refractivity contribution is -0.132. The van der Waals surface area contributed by atoms with Gasteiger partial charge in [-0.05, 0) is 49.4 Å². The van der Waals surface area contributed by atoms with Gasteiger partial charge in [-0.2, -0.15) is 0 Å². The van der Waals surface area contributed by atoms with Crippen LogP contribution in [0, 0.1) is 5.82 Å². The molecule has 0 aromatic heterocycles. The molecule has 0 spiro atoms. The molecule has 26 heavy (non-hydrogen) atoms. The Kier molecular flexibility index (Phi) is 5.11. The van der Waals surface area contributed by atoms with E-state index in [0.717, 1.165) is 15.6 Å². The first-order valence-corrected chi connectivity index (χ1v) is 8.92. The van der Waals surface area contributed by atoms with Crippen molar-refractivity contribution in [2.45, 2.75) is 19.0 Å². The van der Waals surface area contributed by atoms with Gasteiger partial charge >= 0.3 is 6.03 Å². The van der Waals surface area contributed by atoms with Crippen molar-refractivity contribution in [1.29, 1.82) is 0 Å². The Hall–Kier alpha value is -2.25. The molecule has 1 atom stereocenters. The molecule has 1 aliphatic heterocycles. The number of amides is 3. The maximum atomic E-state index is 13.0. The van der Waals surface area contributed by atoms with Crippen molar-refractivity contribution < 1.29 is 14.0 Å². The summed E-state index contributed by atoms with van der Waals surface area (Å²) in [5.41, 5.74) is 0.536. The number of benzene rings is 2. The highest BCUT2D eigenvalue weighted by Crippen LogP contribution is 2.29. The van der Waals surface area contributed by atoms with Crippen LogP contribution in [0.25, 0.3) is 0 Å². The molecule has 1 fully saturated rings. The summed E-state index contributed by atoms with van der Waals surface area (Å²) in [6, 6.07) is 13.0. The van der Waals surface area contributed by atoms with Crippen molar-refractivity contribution in [2.24, 2.45) is 0 Å². The smallest absolute Gasteiger partial charge is 0.319 e.